The van der Waals surface area contributed by atoms with Crippen molar-refractivity contribution >= 4 is 10.0 Å². The van der Waals surface area contributed by atoms with Gasteiger partial charge in [-0.25, -0.2) is 13.1 Å². The molecule has 0 aliphatic carbocycles. The molecule has 0 heterocycles. The van der Waals surface area contributed by atoms with E-state index in [2.05, 4.69) is 24.3 Å². The predicted octanol–water partition coefficient (Wildman–Crippen LogP) is 4.29. The van der Waals surface area contributed by atoms with Crippen molar-refractivity contribution in [3.63, 3.8) is 0 Å². The summed E-state index contributed by atoms with van der Waals surface area (Å²) in [6.45, 7) is 13.6. The van der Waals surface area contributed by atoms with Gasteiger partial charge in [-0.1, -0.05) is 27.7 Å². The highest BCUT2D eigenvalue weighted by atomic mass is 32.2. The molecule has 140 valence electrons. The lowest BCUT2D eigenvalue weighted by molar-refractivity contribution is 0.410. The molecule has 0 radical (unpaired) electrons. The Morgan fingerprint density at radius 2 is 1.68 bits per heavy atom. The van der Waals surface area contributed by atoms with Crippen LogP contribution < -0.4 is 9.46 Å². The fourth-order valence-electron chi connectivity index (χ4n) is 2.60. The van der Waals surface area contributed by atoms with Crippen LogP contribution in [-0.2, 0) is 10.0 Å². The zero-order chi connectivity index (χ0) is 19.4. The first kappa shape index (κ1) is 21.5. The molecule has 1 aromatic rings. The Bertz CT molecular complexity index is 771. The van der Waals surface area contributed by atoms with E-state index in [1.165, 1.54) is 0 Å². The summed E-state index contributed by atoms with van der Waals surface area (Å²) in [7, 11) is -2.06. The molecule has 1 atom stereocenters. The normalized spacial score (nSPS) is 12.9. The molecular formula is C20H31NO3S. The minimum absolute atomic E-state index is 0.114. The van der Waals surface area contributed by atoms with Gasteiger partial charge in [0.2, 0.25) is 10.0 Å². The standard InChI is InChI=1S/C20H31NO3S/c1-13(2)10-9-11-18(14(3)4)21-25(22,23)20-15(5)12-19(24-8)16(6)17(20)7/h10-14,18,21H,1-8H3/t9?,18-/m1/s1. The van der Waals surface area contributed by atoms with Crippen molar-refractivity contribution in [3.8, 4) is 5.75 Å². The van der Waals surface area contributed by atoms with E-state index >= 15 is 0 Å². The van der Waals surface area contributed by atoms with Crippen LogP contribution in [0.4, 0.5) is 0 Å². The van der Waals surface area contributed by atoms with Gasteiger partial charge in [-0.15, -0.1) is 5.73 Å². The lowest BCUT2D eigenvalue weighted by Crippen LogP contribution is -2.37. The van der Waals surface area contributed by atoms with E-state index in [1.54, 1.807) is 26.2 Å². The molecule has 5 heteroatoms. The molecule has 0 saturated heterocycles. The van der Waals surface area contributed by atoms with E-state index in [4.69, 9.17) is 4.74 Å². The first-order chi connectivity index (χ1) is 11.5. The first-order valence-corrected chi connectivity index (χ1v) is 10.1. The summed E-state index contributed by atoms with van der Waals surface area (Å²) in [5, 5.41) is 0. The number of hydrogen-bond donors (Lipinski definition) is 1. The van der Waals surface area contributed by atoms with E-state index in [0.717, 1.165) is 5.56 Å². The SMILES string of the molecule is COc1cc(C)c(S(=O)(=O)N[C@H](C=C=CC(C)C)C(C)C)c(C)c1C. The van der Waals surface area contributed by atoms with Gasteiger partial charge in [-0.05, 0) is 67.5 Å². The number of hydrogen-bond acceptors (Lipinski definition) is 3. The molecular weight excluding hydrogens is 334 g/mol. The number of benzene rings is 1. The summed E-state index contributed by atoms with van der Waals surface area (Å²) < 4.78 is 34.2. The predicted molar refractivity (Wildman–Crippen MR) is 104 cm³/mol. The van der Waals surface area contributed by atoms with Gasteiger partial charge in [0.25, 0.3) is 0 Å². The number of aryl methyl sites for hydroxylation is 1. The number of nitrogens with one attached hydrogen (secondary N) is 1. The van der Waals surface area contributed by atoms with Crippen LogP contribution in [0.3, 0.4) is 0 Å². The summed E-state index contributed by atoms with van der Waals surface area (Å²) in [6, 6.07) is 1.46. The lowest BCUT2D eigenvalue weighted by Gasteiger charge is -2.21. The van der Waals surface area contributed by atoms with Gasteiger partial charge in [0, 0.05) is 6.04 Å². The second-order valence-corrected chi connectivity index (χ2v) is 8.76. The van der Waals surface area contributed by atoms with E-state index < -0.39 is 10.0 Å². The topological polar surface area (TPSA) is 55.4 Å². The minimum atomic E-state index is -3.65. The largest absolute Gasteiger partial charge is 0.496 e. The molecule has 1 N–H and O–H groups in total. The maximum Gasteiger partial charge on any atom is 0.241 e. The fraction of sp³-hybridized carbons (Fsp3) is 0.550. The first-order valence-electron chi connectivity index (χ1n) is 8.61. The Balaban J connectivity index is 3.33. The van der Waals surface area contributed by atoms with E-state index in [9.17, 15) is 8.42 Å². The van der Waals surface area contributed by atoms with Crippen molar-refractivity contribution in [3.05, 3.63) is 40.6 Å². The summed E-state index contributed by atoms with van der Waals surface area (Å²) in [4.78, 5) is 0.331. The van der Waals surface area contributed by atoms with Crippen molar-refractivity contribution in [2.45, 2.75) is 59.4 Å². The second kappa shape index (κ2) is 8.70. The van der Waals surface area contributed by atoms with Gasteiger partial charge in [0.15, 0.2) is 0 Å². The lowest BCUT2D eigenvalue weighted by atomic mass is 10.1. The van der Waals surface area contributed by atoms with Gasteiger partial charge in [0.05, 0.1) is 12.0 Å². The van der Waals surface area contributed by atoms with Crippen LogP contribution in [0, 0.1) is 32.6 Å². The van der Waals surface area contributed by atoms with Crippen LogP contribution in [0.2, 0.25) is 0 Å². The Labute approximate surface area is 153 Å². The van der Waals surface area contributed by atoms with Crippen molar-refractivity contribution < 1.29 is 13.2 Å². The number of sulfonamides is 1. The number of ether oxygens (including phenoxy) is 1. The Morgan fingerprint density at radius 3 is 2.16 bits per heavy atom. The summed E-state index contributed by atoms with van der Waals surface area (Å²) in [5.74, 6) is 1.19. The third-order valence-electron chi connectivity index (χ3n) is 4.18. The average Bonchev–Trinajstić information content (AvgIpc) is 2.49. The second-order valence-electron chi connectivity index (χ2n) is 7.11. The van der Waals surface area contributed by atoms with Crippen LogP contribution >= 0.6 is 0 Å². The highest BCUT2D eigenvalue weighted by molar-refractivity contribution is 7.89. The molecule has 1 rings (SSSR count). The minimum Gasteiger partial charge on any atom is -0.496 e. The molecule has 0 spiro atoms. The summed E-state index contributed by atoms with van der Waals surface area (Å²) in [6.07, 6.45) is 3.72. The molecule has 0 aliphatic rings. The molecule has 0 aromatic heterocycles. The zero-order valence-electron chi connectivity index (χ0n) is 16.6. The zero-order valence-corrected chi connectivity index (χ0v) is 17.4. The van der Waals surface area contributed by atoms with Crippen molar-refractivity contribution in [1.82, 2.24) is 4.72 Å². The maximum atomic E-state index is 13.0. The van der Waals surface area contributed by atoms with Gasteiger partial charge >= 0.3 is 0 Å². The van der Waals surface area contributed by atoms with Crippen molar-refractivity contribution in [1.29, 1.82) is 0 Å². The van der Waals surface area contributed by atoms with Crippen molar-refractivity contribution in [2.24, 2.45) is 11.8 Å². The van der Waals surface area contributed by atoms with E-state index in [-0.39, 0.29) is 12.0 Å². The molecule has 0 bridgehead atoms. The van der Waals surface area contributed by atoms with Crippen LogP contribution in [0.5, 0.6) is 5.75 Å². The molecule has 0 amide bonds. The summed E-state index contributed by atoms with van der Waals surface area (Å²) in [5.41, 5.74) is 5.33. The van der Waals surface area contributed by atoms with Gasteiger partial charge < -0.3 is 4.74 Å². The highest BCUT2D eigenvalue weighted by Crippen LogP contribution is 2.30. The third-order valence-corrected chi connectivity index (χ3v) is 5.93. The number of rotatable bonds is 7. The molecule has 4 nitrogen and oxygen atoms in total. The van der Waals surface area contributed by atoms with Crippen LogP contribution in [-0.4, -0.2) is 21.6 Å². The van der Waals surface area contributed by atoms with Crippen LogP contribution in [0.25, 0.3) is 0 Å². The van der Waals surface area contributed by atoms with E-state index in [0.29, 0.717) is 27.7 Å². The van der Waals surface area contributed by atoms with Crippen molar-refractivity contribution in [2.75, 3.05) is 7.11 Å². The average molecular weight is 366 g/mol. The molecule has 0 saturated carbocycles. The monoisotopic (exact) mass is 365 g/mol. The Hall–Kier alpha value is -1.55. The molecule has 0 aliphatic heterocycles. The third kappa shape index (κ3) is 5.46. The summed E-state index contributed by atoms with van der Waals surface area (Å²) >= 11 is 0. The Kier molecular flexibility index (Phi) is 7.48. The van der Waals surface area contributed by atoms with E-state index in [1.807, 2.05) is 33.8 Å². The number of methoxy groups -OCH3 is 1. The smallest absolute Gasteiger partial charge is 0.241 e. The van der Waals surface area contributed by atoms with Crippen LogP contribution in [0.15, 0.2) is 28.8 Å². The van der Waals surface area contributed by atoms with Crippen LogP contribution in [0.1, 0.15) is 44.4 Å². The molecule has 0 unspecified atom stereocenters. The Morgan fingerprint density at radius 1 is 1.08 bits per heavy atom. The highest BCUT2D eigenvalue weighted by Gasteiger charge is 2.26. The maximum absolute atomic E-state index is 13.0. The van der Waals surface area contributed by atoms with Gasteiger partial charge in [-0.3, -0.25) is 0 Å². The van der Waals surface area contributed by atoms with Gasteiger partial charge in [-0.2, -0.15) is 0 Å². The molecule has 25 heavy (non-hydrogen) atoms. The fourth-order valence-corrected chi connectivity index (χ4v) is 4.45. The quantitative estimate of drug-likeness (QED) is 0.733. The van der Waals surface area contributed by atoms with Gasteiger partial charge in [0.1, 0.15) is 5.75 Å². The molecule has 1 aromatic carbocycles. The molecule has 0 fully saturated rings.